The number of aliphatic hydroxyl groups excluding tert-OH is 2. The van der Waals surface area contributed by atoms with Crippen molar-refractivity contribution in [1.82, 2.24) is 5.32 Å². The Morgan fingerprint density at radius 1 is 1.00 bits per heavy atom. The lowest BCUT2D eigenvalue weighted by atomic mass is 9.41. The van der Waals surface area contributed by atoms with Gasteiger partial charge in [0.2, 0.25) is 0 Å². The maximum absolute atomic E-state index is 11.8. The second-order valence-corrected chi connectivity index (χ2v) is 12.8. The van der Waals surface area contributed by atoms with Gasteiger partial charge in [0.1, 0.15) is 0 Å². The molecule has 6 heteroatoms. The molecular weight excluding hydrogens is 430 g/mol. The lowest BCUT2D eigenvalue weighted by Gasteiger charge is -2.64. The van der Waals surface area contributed by atoms with Crippen LogP contribution in [0.25, 0.3) is 0 Å². The summed E-state index contributed by atoms with van der Waals surface area (Å²) >= 11 is 0. The van der Waals surface area contributed by atoms with Crippen LogP contribution in [0.1, 0.15) is 91.9 Å². The Bertz CT molecular complexity index is 772. The van der Waals surface area contributed by atoms with Crippen LogP contribution in [0, 0.1) is 52.3 Å². The number of hydrogen-bond acceptors (Lipinski definition) is 4. The van der Waals surface area contributed by atoms with Crippen molar-refractivity contribution in [2.75, 3.05) is 6.54 Å². The lowest BCUT2D eigenvalue weighted by molar-refractivity contribution is -0.203. The molecule has 0 heterocycles. The third kappa shape index (κ3) is 4.21. The summed E-state index contributed by atoms with van der Waals surface area (Å²) in [6, 6.07) is 0. The molecule has 4 aliphatic rings. The molecule has 0 saturated heterocycles. The van der Waals surface area contributed by atoms with E-state index in [0.717, 1.165) is 38.5 Å². The predicted octanol–water partition coefficient (Wildman–Crippen LogP) is 4.23. The molecule has 0 radical (unpaired) electrons. The molecule has 0 aromatic heterocycles. The highest BCUT2D eigenvalue weighted by atomic mass is 16.4. The van der Waals surface area contributed by atoms with Gasteiger partial charge in [0.25, 0.3) is 0 Å². The van der Waals surface area contributed by atoms with Gasteiger partial charge in [-0.15, -0.1) is 0 Å². The van der Waals surface area contributed by atoms with Gasteiger partial charge in [0.15, 0.2) is 0 Å². The van der Waals surface area contributed by atoms with Crippen LogP contribution in [0.15, 0.2) is 0 Å². The van der Waals surface area contributed by atoms with Gasteiger partial charge in [-0.1, -0.05) is 34.1 Å². The molecule has 6 nitrogen and oxygen atoms in total. The summed E-state index contributed by atoms with van der Waals surface area (Å²) in [5.41, 5.74) is 0.471. The predicted molar refractivity (Wildman–Crippen MR) is 131 cm³/mol. The number of amides is 1. The van der Waals surface area contributed by atoms with E-state index in [0.29, 0.717) is 42.1 Å². The lowest BCUT2D eigenvalue weighted by Crippen LogP contribution is -2.62. The minimum absolute atomic E-state index is 0.207. The van der Waals surface area contributed by atoms with Crippen LogP contribution < -0.4 is 5.32 Å². The molecule has 0 aromatic carbocycles. The van der Waals surface area contributed by atoms with Crippen molar-refractivity contribution in [3.8, 4) is 0 Å². The fourth-order valence-corrected chi connectivity index (χ4v) is 9.84. The standard InChI is InChI=1S/C28H47NO5/c1-5-18-22-15-17(30)10-12-28(22,4)21-11-13-27(3)19(8-9-20(27)23(21)24(18)31)16(2)7-6-14-29-25(32)26(33)34/h16-24,30-31H,5-15H2,1-4H3,(H,29,32)(H,33,34)/t16-,17-,18-,19-,20+,21+,22+,23+,24-,27-,28-/m1/s1. The second kappa shape index (κ2) is 9.72. The molecule has 194 valence electrons. The average Bonchev–Trinajstić information content (AvgIpc) is 3.15. The van der Waals surface area contributed by atoms with Gasteiger partial charge in [-0.2, -0.15) is 0 Å². The Hall–Kier alpha value is -1.14. The summed E-state index contributed by atoms with van der Waals surface area (Å²) in [6.07, 6.45) is 9.96. The minimum Gasteiger partial charge on any atom is -0.474 e. The van der Waals surface area contributed by atoms with Gasteiger partial charge >= 0.3 is 11.9 Å². The zero-order valence-corrected chi connectivity index (χ0v) is 21.6. The quantitative estimate of drug-likeness (QED) is 0.338. The fourth-order valence-electron chi connectivity index (χ4n) is 9.84. The van der Waals surface area contributed by atoms with Gasteiger partial charge in [-0.05, 0) is 110 Å². The topological polar surface area (TPSA) is 107 Å². The van der Waals surface area contributed by atoms with Crippen LogP contribution >= 0.6 is 0 Å². The van der Waals surface area contributed by atoms with Gasteiger partial charge < -0.3 is 20.6 Å². The average molecular weight is 478 g/mol. The summed E-state index contributed by atoms with van der Waals surface area (Å²) in [5, 5.41) is 33.5. The largest absolute Gasteiger partial charge is 0.474 e. The van der Waals surface area contributed by atoms with Crippen molar-refractivity contribution < 1.29 is 24.9 Å². The molecular formula is C28H47NO5. The molecule has 0 spiro atoms. The summed E-state index contributed by atoms with van der Waals surface area (Å²) in [5.74, 6) is 0.988. The Labute approximate surface area is 205 Å². The molecule has 1 amide bonds. The Morgan fingerprint density at radius 3 is 2.35 bits per heavy atom. The smallest absolute Gasteiger partial charge is 0.394 e. The van der Waals surface area contributed by atoms with Crippen LogP contribution in [-0.4, -0.2) is 45.9 Å². The molecule has 4 fully saturated rings. The van der Waals surface area contributed by atoms with E-state index in [2.05, 4.69) is 33.0 Å². The van der Waals surface area contributed by atoms with E-state index in [-0.39, 0.29) is 29.0 Å². The van der Waals surface area contributed by atoms with Crippen LogP contribution in [0.2, 0.25) is 0 Å². The number of rotatable bonds is 6. The third-order valence-electron chi connectivity index (χ3n) is 11.5. The molecule has 0 bridgehead atoms. The van der Waals surface area contributed by atoms with Crippen molar-refractivity contribution in [1.29, 1.82) is 0 Å². The molecule has 11 atom stereocenters. The summed E-state index contributed by atoms with van der Waals surface area (Å²) in [6.45, 7) is 9.94. The third-order valence-corrected chi connectivity index (χ3v) is 11.5. The van der Waals surface area contributed by atoms with Crippen LogP contribution in [0.5, 0.6) is 0 Å². The van der Waals surface area contributed by atoms with Gasteiger partial charge in [-0.3, -0.25) is 4.79 Å². The number of carboxylic acids is 1. The fraction of sp³-hybridized carbons (Fsp3) is 0.929. The van der Waals surface area contributed by atoms with Crippen molar-refractivity contribution in [3.63, 3.8) is 0 Å². The molecule has 4 aliphatic carbocycles. The minimum atomic E-state index is -1.42. The zero-order chi connectivity index (χ0) is 24.8. The summed E-state index contributed by atoms with van der Waals surface area (Å²) in [4.78, 5) is 22.0. The SMILES string of the molecule is CC[C@H]1[C@@H](O)[C@@H]2[C@H](CC[C@]3(C)[C@@H]([C@H](C)CCCNC(=O)C(=O)O)CC[C@@H]23)[C@@]2(C)CC[C@@H](O)C[C@@H]12. The number of carboxylic acid groups (broad SMARTS) is 1. The number of nitrogens with one attached hydrogen (secondary N) is 1. The van der Waals surface area contributed by atoms with Gasteiger partial charge in [-0.25, -0.2) is 4.79 Å². The van der Waals surface area contributed by atoms with Crippen LogP contribution in [0.4, 0.5) is 0 Å². The Balaban J connectivity index is 1.47. The van der Waals surface area contributed by atoms with E-state index < -0.39 is 11.9 Å². The van der Waals surface area contributed by atoms with E-state index in [1.807, 2.05) is 0 Å². The van der Waals surface area contributed by atoms with E-state index in [9.17, 15) is 19.8 Å². The van der Waals surface area contributed by atoms with Crippen molar-refractivity contribution in [2.24, 2.45) is 52.3 Å². The Kier molecular flexibility index (Phi) is 7.42. The molecule has 34 heavy (non-hydrogen) atoms. The summed E-state index contributed by atoms with van der Waals surface area (Å²) < 4.78 is 0. The second-order valence-electron chi connectivity index (χ2n) is 12.8. The zero-order valence-electron chi connectivity index (χ0n) is 21.6. The highest BCUT2D eigenvalue weighted by Crippen LogP contribution is 2.69. The van der Waals surface area contributed by atoms with Gasteiger partial charge in [0.05, 0.1) is 12.2 Å². The van der Waals surface area contributed by atoms with E-state index >= 15 is 0 Å². The molecule has 0 unspecified atom stereocenters. The summed E-state index contributed by atoms with van der Waals surface area (Å²) in [7, 11) is 0. The number of hydrogen-bond donors (Lipinski definition) is 4. The molecule has 4 N–H and O–H groups in total. The number of aliphatic hydroxyl groups is 2. The monoisotopic (exact) mass is 477 g/mol. The normalized spacial score (nSPS) is 46.6. The van der Waals surface area contributed by atoms with Gasteiger partial charge in [0, 0.05) is 6.54 Å². The molecule has 0 aliphatic heterocycles. The van der Waals surface area contributed by atoms with Crippen LogP contribution in [0.3, 0.4) is 0 Å². The van der Waals surface area contributed by atoms with Crippen molar-refractivity contribution in [2.45, 2.75) is 104 Å². The maximum Gasteiger partial charge on any atom is 0.394 e. The number of aliphatic carboxylic acids is 1. The molecule has 4 rings (SSSR count). The first-order chi connectivity index (χ1) is 16.0. The number of fused-ring (bicyclic) bond motifs is 5. The maximum atomic E-state index is 11.8. The van der Waals surface area contributed by atoms with Crippen molar-refractivity contribution >= 4 is 11.9 Å². The van der Waals surface area contributed by atoms with E-state index in [4.69, 9.17) is 5.11 Å². The van der Waals surface area contributed by atoms with Crippen LogP contribution in [-0.2, 0) is 9.59 Å². The Morgan fingerprint density at radius 2 is 1.68 bits per heavy atom. The first kappa shape index (κ1) is 25.9. The highest BCUT2D eigenvalue weighted by Gasteiger charge is 2.64. The first-order valence-electron chi connectivity index (χ1n) is 13.9. The highest BCUT2D eigenvalue weighted by molar-refractivity contribution is 6.31. The van der Waals surface area contributed by atoms with E-state index in [1.165, 1.54) is 25.7 Å². The van der Waals surface area contributed by atoms with Crippen molar-refractivity contribution in [3.05, 3.63) is 0 Å². The number of carbonyl (C=O) groups excluding carboxylic acids is 1. The number of carbonyl (C=O) groups is 2. The molecule has 0 aromatic rings. The first-order valence-corrected chi connectivity index (χ1v) is 13.9. The van der Waals surface area contributed by atoms with E-state index in [1.54, 1.807) is 0 Å². The molecule has 4 saturated carbocycles.